The third-order valence-electron chi connectivity index (χ3n) is 16.9. The van der Waals surface area contributed by atoms with E-state index in [0.717, 1.165) is 11.6 Å². The largest absolute Gasteiger partial charge is 0.478 e. The van der Waals surface area contributed by atoms with E-state index in [2.05, 4.69) is 5.32 Å². The number of esters is 1. The minimum atomic E-state index is -2.74. The highest BCUT2D eigenvalue weighted by atomic mass is 16.7. The summed E-state index contributed by atoms with van der Waals surface area (Å²) in [6.45, 7) is 14.0. The van der Waals surface area contributed by atoms with Gasteiger partial charge < -0.3 is 92.4 Å². The number of hydrogen-bond acceptors (Lipinski definition) is 20. The molecule has 22 heteroatoms. The molecule has 0 bridgehead atoms. The fourth-order valence-electron chi connectivity index (χ4n) is 11.9. The Morgan fingerprint density at radius 1 is 0.759 bits per heavy atom. The van der Waals surface area contributed by atoms with E-state index in [-0.39, 0.29) is 37.8 Å². The zero-order chi connectivity index (χ0) is 63.6. The summed E-state index contributed by atoms with van der Waals surface area (Å²) in [6.07, 6.45) is 7.81. The highest BCUT2D eigenvalue weighted by Crippen LogP contribution is 2.46. The lowest BCUT2D eigenvalue weighted by Crippen LogP contribution is -2.70. The maximum atomic E-state index is 14.8. The van der Waals surface area contributed by atoms with E-state index < -0.39 is 152 Å². The number of rotatable bonds is 28. The quantitative estimate of drug-likeness (QED) is 0.0343. The molecule has 5 aliphatic rings. The molecule has 22 unspecified atom stereocenters. The van der Waals surface area contributed by atoms with Crippen LogP contribution in [0, 0.1) is 17.3 Å². The van der Waals surface area contributed by atoms with Gasteiger partial charge >= 0.3 is 11.9 Å². The molecule has 1 amide bonds. The van der Waals surface area contributed by atoms with Crippen LogP contribution in [0.1, 0.15) is 86.6 Å². The molecule has 22 nitrogen and oxygen atoms in total. The van der Waals surface area contributed by atoms with Crippen LogP contribution < -0.4 is 5.32 Å². The van der Waals surface area contributed by atoms with Crippen LogP contribution in [0.15, 0.2) is 115 Å². The van der Waals surface area contributed by atoms with Gasteiger partial charge in [-0.25, -0.2) is 4.79 Å². The van der Waals surface area contributed by atoms with Gasteiger partial charge in [0.1, 0.15) is 42.5 Å². The number of hydrogen-bond donors (Lipinski definition) is 6. The normalized spacial score (nSPS) is 36.3. The Morgan fingerprint density at radius 2 is 1.36 bits per heavy atom. The van der Waals surface area contributed by atoms with Gasteiger partial charge in [-0.15, -0.1) is 0 Å². The predicted molar refractivity (Wildman–Crippen MR) is 318 cm³/mol. The number of aliphatic hydroxyl groups excluding tert-OH is 3. The van der Waals surface area contributed by atoms with E-state index in [1.165, 1.54) is 20.3 Å². The van der Waals surface area contributed by atoms with Crippen LogP contribution in [0.2, 0.25) is 0 Å². The lowest BCUT2D eigenvalue weighted by Gasteiger charge is -2.54. The molecule has 5 heterocycles. The number of carbonyl (C=O) groups excluding carboxylic acids is 2. The van der Waals surface area contributed by atoms with Gasteiger partial charge in [-0.1, -0.05) is 124 Å². The zero-order valence-electron chi connectivity index (χ0n) is 52.2. The van der Waals surface area contributed by atoms with E-state index >= 15 is 0 Å². The van der Waals surface area contributed by atoms with Gasteiger partial charge in [0, 0.05) is 78.1 Å². The number of nitrogens with one attached hydrogen (secondary N) is 1. The van der Waals surface area contributed by atoms with E-state index in [9.17, 15) is 34.8 Å². The van der Waals surface area contributed by atoms with Gasteiger partial charge in [-0.2, -0.15) is 0 Å². The lowest BCUT2D eigenvalue weighted by molar-refractivity contribution is -0.367. The third kappa shape index (κ3) is 19.1. The molecule has 5 fully saturated rings. The summed E-state index contributed by atoms with van der Waals surface area (Å²) in [7, 11) is 6.24. The molecule has 6 rings (SSSR count). The first-order valence-corrected chi connectivity index (χ1v) is 30.0. The Balaban J connectivity index is 1.18. The number of carbonyl (C=O) groups is 3. The molecule has 0 aromatic heterocycles. The first-order chi connectivity index (χ1) is 41.5. The lowest BCUT2D eigenvalue weighted by atomic mass is 9.71. The molecule has 5 aliphatic heterocycles. The average Bonchev–Trinajstić information content (AvgIpc) is 1.46. The molecule has 22 atom stereocenters. The van der Waals surface area contributed by atoms with E-state index in [0.29, 0.717) is 18.4 Å². The van der Waals surface area contributed by atoms with Gasteiger partial charge in [-0.3, -0.25) is 9.59 Å². The van der Waals surface area contributed by atoms with Gasteiger partial charge in [0.25, 0.3) is 0 Å². The minimum absolute atomic E-state index is 0.0526. The van der Waals surface area contributed by atoms with Crippen molar-refractivity contribution >= 4 is 17.8 Å². The summed E-state index contributed by atoms with van der Waals surface area (Å²) in [6, 6.07) is 8.96. The Hall–Kier alpha value is -4.83. The van der Waals surface area contributed by atoms with Crippen LogP contribution in [-0.4, -0.2) is 207 Å². The van der Waals surface area contributed by atoms with Crippen LogP contribution in [0.4, 0.5) is 0 Å². The summed E-state index contributed by atoms with van der Waals surface area (Å²) in [5.41, 5.74) is 0.340. The number of carboxylic acids is 1. The molecule has 5 saturated heterocycles. The van der Waals surface area contributed by atoms with Crippen molar-refractivity contribution in [2.75, 3.05) is 41.6 Å². The van der Waals surface area contributed by atoms with E-state index in [1.54, 1.807) is 127 Å². The SMILES string of the molecule is C/C=C/C=C/C1OC(O)(C(COC2CC(OC)C(OC3CC(OC)C(OC4CC(OC)C(O)C(C)O4)C(C)O3)C(C)O2)C(=O)NC/C=C/C=C(\C)C(OC)C(C)C2CC(O)C(/C=C/C=C/C=C/C(=O)O)O2)C(O)C(OC(=O)Cc2ccccc2)C1(C)C. The molecule has 1 aromatic carbocycles. The minimum Gasteiger partial charge on any atom is -0.478 e. The Kier molecular flexibility index (Phi) is 27.7. The fourth-order valence-corrected chi connectivity index (χ4v) is 11.9. The van der Waals surface area contributed by atoms with E-state index in [4.69, 9.17) is 66.7 Å². The number of benzene rings is 1. The summed E-state index contributed by atoms with van der Waals surface area (Å²) in [5, 5.41) is 58.4. The van der Waals surface area contributed by atoms with Crippen molar-refractivity contribution in [3.8, 4) is 0 Å². The topological polar surface area (TPSA) is 284 Å². The molecule has 1 aromatic rings. The molecule has 0 spiro atoms. The number of aliphatic carboxylic acids is 1. The number of amides is 1. The number of ether oxygens (including phenoxy) is 13. The standard InChI is InChI=1S/C65H95NO21/c1-13-14-18-29-51-64(7,8)62(84-53(70)32-43-26-19-17-20-27-43)61(72)65(74,87-51)44(63(73)66-31-24-23-25-38(2)58(78-12)39(3)47-33-45(67)46(83-47)28-21-15-16-22-30-52(68)69)37-79-54-35-49(76-10)59(41(5)81-54)86-56-36-50(77-11)60(42(6)82-56)85-55-34-48(75-9)57(71)40(4)80-55/h13-30,39-42,44-51,54-62,67,71-72,74H,31-37H2,1-12H3,(H,66,73)(H,68,69)/b14-13+,16-15+,24-23+,28-21+,29-18+,30-22+,38-25+. The highest BCUT2D eigenvalue weighted by Gasteiger charge is 2.63. The summed E-state index contributed by atoms with van der Waals surface area (Å²) < 4.78 is 80.4. The second-order valence-corrected chi connectivity index (χ2v) is 23.5. The third-order valence-corrected chi connectivity index (χ3v) is 16.9. The van der Waals surface area contributed by atoms with Gasteiger partial charge in [0.05, 0.1) is 74.1 Å². The van der Waals surface area contributed by atoms with E-state index in [1.807, 2.05) is 39.8 Å². The van der Waals surface area contributed by atoms with Crippen molar-refractivity contribution in [2.45, 2.75) is 210 Å². The number of aliphatic hydroxyl groups is 4. The predicted octanol–water partition coefficient (Wildman–Crippen LogP) is 5.50. The number of carboxylic acid groups (broad SMARTS) is 1. The number of methoxy groups -OCH3 is 4. The molecule has 0 radical (unpaired) electrons. The second-order valence-electron chi connectivity index (χ2n) is 23.5. The summed E-state index contributed by atoms with van der Waals surface area (Å²) >= 11 is 0. The summed E-state index contributed by atoms with van der Waals surface area (Å²) in [4.78, 5) is 39.3. The second kappa shape index (κ2) is 33.8. The molecule has 0 aliphatic carbocycles. The van der Waals surface area contributed by atoms with Crippen molar-refractivity contribution < 1.29 is 101 Å². The molecule has 0 saturated carbocycles. The molecular weight excluding hydrogens is 1130 g/mol. The molecule has 486 valence electrons. The Morgan fingerprint density at radius 3 is 1.98 bits per heavy atom. The Bertz CT molecular complexity index is 2530. The van der Waals surface area contributed by atoms with Crippen LogP contribution >= 0.6 is 0 Å². The van der Waals surface area contributed by atoms with Crippen molar-refractivity contribution in [1.82, 2.24) is 5.32 Å². The smallest absolute Gasteiger partial charge is 0.328 e. The highest BCUT2D eigenvalue weighted by molar-refractivity contribution is 5.80. The fraction of sp³-hybridized carbons (Fsp3) is 0.646. The maximum absolute atomic E-state index is 14.8. The van der Waals surface area contributed by atoms with Crippen LogP contribution in [-0.2, 0) is 82.4 Å². The van der Waals surface area contributed by atoms with Crippen molar-refractivity contribution in [1.29, 1.82) is 0 Å². The van der Waals surface area contributed by atoms with Crippen LogP contribution in [0.3, 0.4) is 0 Å². The average molecular weight is 1230 g/mol. The van der Waals surface area contributed by atoms with Gasteiger partial charge in [0.2, 0.25) is 11.7 Å². The van der Waals surface area contributed by atoms with Crippen molar-refractivity contribution in [3.05, 3.63) is 120 Å². The van der Waals surface area contributed by atoms with Crippen molar-refractivity contribution in [2.24, 2.45) is 17.3 Å². The van der Waals surface area contributed by atoms with Gasteiger partial charge in [-0.05, 0) is 45.8 Å². The Labute approximate surface area is 512 Å². The number of allylic oxidation sites excluding steroid dienone is 9. The monoisotopic (exact) mass is 1230 g/mol. The van der Waals surface area contributed by atoms with Crippen LogP contribution in [0.25, 0.3) is 0 Å². The van der Waals surface area contributed by atoms with Gasteiger partial charge in [0.15, 0.2) is 18.9 Å². The zero-order valence-corrected chi connectivity index (χ0v) is 52.2. The molecule has 6 N–H and O–H groups in total. The molecule has 87 heavy (non-hydrogen) atoms. The molecular formula is C65H95NO21. The van der Waals surface area contributed by atoms with Crippen LogP contribution in [0.5, 0.6) is 0 Å². The summed E-state index contributed by atoms with van der Waals surface area (Å²) in [5.74, 6) is -7.10. The van der Waals surface area contributed by atoms with Crippen molar-refractivity contribution in [3.63, 3.8) is 0 Å². The maximum Gasteiger partial charge on any atom is 0.328 e. The first-order valence-electron chi connectivity index (χ1n) is 30.0. The first kappa shape index (κ1) is 71.2.